The minimum absolute atomic E-state index is 0.0498. The molecule has 4 heteroatoms. The zero-order chi connectivity index (χ0) is 14.0. The molecular formula is C15H18N2OW. The molecule has 0 N–H and O–H groups in total. The van der Waals surface area contributed by atoms with Crippen LogP contribution in [-0.4, -0.2) is 14.0 Å². The van der Waals surface area contributed by atoms with E-state index in [1.807, 2.05) is 24.3 Å². The van der Waals surface area contributed by atoms with Gasteiger partial charge in [0.15, 0.2) is 0 Å². The molecule has 0 amide bonds. The van der Waals surface area contributed by atoms with Gasteiger partial charge in [0.1, 0.15) is 0 Å². The first-order valence-corrected chi connectivity index (χ1v) is 8.15. The fourth-order valence-electron chi connectivity index (χ4n) is 2.04. The molecule has 2 rings (SSSR count). The van der Waals surface area contributed by atoms with Crippen LogP contribution in [0.15, 0.2) is 23.5 Å². The number of aryl methyl sites for hydroxylation is 1. The van der Waals surface area contributed by atoms with Gasteiger partial charge in [-0.15, -0.1) is 0 Å². The van der Waals surface area contributed by atoms with Gasteiger partial charge in [0.25, 0.3) is 0 Å². The van der Waals surface area contributed by atoms with Crippen molar-refractivity contribution in [3.8, 4) is 0 Å². The van der Waals surface area contributed by atoms with E-state index in [2.05, 4.69) is 11.6 Å². The average Bonchev–Trinajstić information content (AvgIpc) is 3.19. The van der Waals surface area contributed by atoms with Gasteiger partial charge in [-0.2, -0.15) is 0 Å². The first-order valence-electron chi connectivity index (χ1n) is 6.46. The molecule has 1 aliphatic carbocycles. The number of aromatic nitrogens is 2. The van der Waals surface area contributed by atoms with Gasteiger partial charge in [-0.1, -0.05) is 0 Å². The molecule has 1 saturated carbocycles. The van der Waals surface area contributed by atoms with Crippen LogP contribution in [0.3, 0.4) is 0 Å². The summed E-state index contributed by atoms with van der Waals surface area (Å²) in [6.45, 7) is 7.48. The Labute approximate surface area is 124 Å². The number of allylic oxidation sites excluding steroid dienone is 3. The van der Waals surface area contributed by atoms with Crippen molar-refractivity contribution < 1.29 is 19.4 Å². The molecule has 0 aromatic carbocycles. The number of nitrogens with zero attached hydrogens (tertiary/aromatic N) is 2. The molecule has 1 aliphatic rings. The van der Waals surface area contributed by atoms with Crippen molar-refractivity contribution in [1.29, 1.82) is 0 Å². The third-order valence-electron chi connectivity index (χ3n) is 3.46. The van der Waals surface area contributed by atoms with Gasteiger partial charge in [0.2, 0.25) is 0 Å². The summed E-state index contributed by atoms with van der Waals surface area (Å²) >= 11 is 1.31. The van der Waals surface area contributed by atoms with Crippen molar-refractivity contribution in [2.24, 2.45) is 5.92 Å². The van der Waals surface area contributed by atoms with Gasteiger partial charge in [-0.3, -0.25) is 0 Å². The van der Waals surface area contributed by atoms with Gasteiger partial charge >= 0.3 is 124 Å². The third kappa shape index (κ3) is 3.09. The fourth-order valence-corrected chi connectivity index (χ4v) is 2.70. The molecule has 0 unspecified atom stereocenters. The molecule has 19 heavy (non-hydrogen) atoms. The molecule has 1 fully saturated rings. The Bertz CT molecular complexity index is 609. The van der Waals surface area contributed by atoms with Crippen LogP contribution >= 0.6 is 0 Å². The molecule has 3 nitrogen and oxygen atoms in total. The van der Waals surface area contributed by atoms with E-state index in [1.54, 1.807) is 10.6 Å². The first kappa shape index (κ1) is 14.3. The van der Waals surface area contributed by atoms with Crippen LogP contribution < -0.4 is 5.56 Å². The second-order valence-electron chi connectivity index (χ2n) is 4.97. The molecule has 1 aromatic heterocycles. The van der Waals surface area contributed by atoms with Crippen LogP contribution in [0.25, 0.3) is 5.70 Å². The molecule has 0 radical (unpaired) electrons. The first-order chi connectivity index (χ1) is 9.08. The van der Waals surface area contributed by atoms with Crippen molar-refractivity contribution in [3.63, 3.8) is 0 Å². The standard InChI is InChI=1S/C15H18N2O.W/c1-5-6-10(2)17-14(9-13-7-8-13)16-12(4)11(3)15(17)18;/h2,5-6,13H,1,7-9H2,3-4H3;/b10-6+;. The number of hydrogen-bond acceptors (Lipinski definition) is 2. The Morgan fingerprint density at radius 3 is 2.74 bits per heavy atom. The summed E-state index contributed by atoms with van der Waals surface area (Å²) in [5, 5.41) is 0. The van der Waals surface area contributed by atoms with Gasteiger partial charge in [-0.25, -0.2) is 0 Å². The van der Waals surface area contributed by atoms with E-state index in [1.165, 1.54) is 32.2 Å². The Morgan fingerprint density at radius 1 is 1.53 bits per heavy atom. The van der Waals surface area contributed by atoms with Crippen LogP contribution in [0, 0.1) is 19.8 Å². The van der Waals surface area contributed by atoms with Gasteiger partial charge in [0.05, 0.1) is 0 Å². The van der Waals surface area contributed by atoms with E-state index in [-0.39, 0.29) is 5.56 Å². The van der Waals surface area contributed by atoms with Crippen LogP contribution in [0.1, 0.15) is 29.9 Å². The number of hydrogen-bond donors (Lipinski definition) is 0. The summed E-state index contributed by atoms with van der Waals surface area (Å²) in [6, 6.07) is 0. The topological polar surface area (TPSA) is 34.9 Å². The molecule has 0 atom stereocenters. The van der Waals surface area contributed by atoms with E-state index in [0.29, 0.717) is 5.92 Å². The Kier molecular flexibility index (Phi) is 4.46. The monoisotopic (exact) mass is 426 g/mol. The molecule has 0 aliphatic heterocycles. The van der Waals surface area contributed by atoms with E-state index in [9.17, 15) is 4.79 Å². The van der Waals surface area contributed by atoms with Crippen molar-refractivity contribution >= 4 is 10.1 Å². The average molecular weight is 426 g/mol. The molecule has 100 valence electrons. The summed E-state index contributed by atoms with van der Waals surface area (Å²) < 4.78 is 3.77. The number of rotatable bonds is 5. The third-order valence-corrected chi connectivity index (χ3v) is 4.32. The fraction of sp³-hybridized carbons (Fsp3) is 0.400. The second kappa shape index (κ2) is 5.92. The van der Waals surface area contributed by atoms with Crippen LogP contribution in [-0.2, 0) is 25.8 Å². The zero-order valence-corrected chi connectivity index (χ0v) is 14.3. The Balaban J connectivity index is 2.63. The Hall–Kier alpha value is -1.08. The maximum absolute atomic E-state index is 12.5. The Morgan fingerprint density at radius 2 is 2.21 bits per heavy atom. The van der Waals surface area contributed by atoms with Crippen molar-refractivity contribution in [3.05, 3.63) is 46.2 Å². The van der Waals surface area contributed by atoms with Crippen LogP contribution in [0.2, 0.25) is 0 Å². The quantitative estimate of drug-likeness (QED) is 0.677. The maximum atomic E-state index is 12.5. The minimum atomic E-state index is 0.0498. The van der Waals surface area contributed by atoms with Gasteiger partial charge in [-0.05, 0) is 0 Å². The molecule has 0 saturated heterocycles. The van der Waals surface area contributed by atoms with Crippen molar-refractivity contribution in [2.45, 2.75) is 33.1 Å². The molecule has 0 spiro atoms. The second-order valence-corrected chi connectivity index (χ2v) is 5.82. The van der Waals surface area contributed by atoms with Crippen molar-refractivity contribution in [2.75, 3.05) is 0 Å². The zero-order valence-electron chi connectivity index (χ0n) is 11.3. The molecular weight excluding hydrogens is 408 g/mol. The summed E-state index contributed by atoms with van der Waals surface area (Å²) in [5.41, 5.74) is 2.51. The van der Waals surface area contributed by atoms with E-state index in [0.717, 1.165) is 29.2 Å². The molecule has 1 heterocycles. The molecule has 0 bridgehead atoms. The summed E-state index contributed by atoms with van der Waals surface area (Å²) in [6.07, 6.45) is 7.00. The van der Waals surface area contributed by atoms with Crippen LogP contribution in [0.5, 0.6) is 0 Å². The van der Waals surface area contributed by atoms with Gasteiger partial charge < -0.3 is 0 Å². The normalized spacial score (nSPS) is 15.4. The summed E-state index contributed by atoms with van der Waals surface area (Å²) in [5.74, 6) is 1.59. The van der Waals surface area contributed by atoms with E-state index >= 15 is 0 Å². The van der Waals surface area contributed by atoms with Gasteiger partial charge in [0, 0.05) is 0 Å². The predicted octanol–water partition coefficient (Wildman–Crippen LogP) is 2.19. The van der Waals surface area contributed by atoms with E-state index < -0.39 is 0 Å². The summed E-state index contributed by atoms with van der Waals surface area (Å²) in [7, 11) is 0. The van der Waals surface area contributed by atoms with E-state index in [4.69, 9.17) is 0 Å². The predicted molar refractivity (Wildman–Crippen MR) is 74.9 cm³/mol. The molecule has 1 aromatic rings. The van der Waals surface area contributed by atoms with Crippen molar-refractivity contribution in [1.82, 2.24) is 9.55 Å². The summed E-state index contributed by atoms with van der Waals surface area (Å²) in [4.78, 5) is 17.2. The SMILES string of the molecule is C=C/C=C(\[CH]=[W])n1c(CC2CC2)nc(C)c(C)c1=O. The van der Waals surface area contributed by atoms with Crippen LogP contribution in [0.4, 0.5) is 0 Å².